The number of nitrogens with one attached hydrogen (secondary N) is 1. The zero-order chi connectivity index (χ0) is 15.4. The lowest BCUT2D eigenvalue weighted by Crippen LogP contribution is -2.47. The van der Waals surface area contributed by atoms with Crippen molar-refractivity contribution in [1.82, 2.24) is 5.32 Å². The van der Waals surface area contributed by atoms with E-state index in [4.69, 9.17) is 4.74 Å². The van der Waals surface area contributed by atoms with Crippen LogP contribution in [0.4, 0.5) is 0 Å². The van der Waals surface area contributed by atoms with Gasteiger partial charge in [0.05, 0.1) is 12.6 Å². The Morgan fingerprint density at radius 3 is 2.86 bits per heavy atom. The summed E-state index contributed by atoms with van der Waals surface area (Å²) in [5.74, 6) is 1.50. The van der Waals surface area contributed by atoms with Gasteiger partial charge < -0.3 is 10.1 Å². The predicted molar refractivity (Wildman–Crippen MR) is 90.8 cm³/mol. The van der Waals surface area contributed by atoms with Crippen molar-refractivity contribution in [2.75, 3.05) is 11.9 Å². The van der Waals surface area contributed by atoms with Crippen LogP contribution in [0.1, 0.15) is 24.3 Å². The number of fused-ring (bicyclic) bond motifs is 1. The molecular formula is C18H20BrNO2. The van der Waals surface area contributed by atoms with E-state index >= 15 is 0 Å². The molecule has 3 rings (SSSR count). The summed E-state index contributed by atoms with van der Waals surface area (Å²) < 4.78 is 5.81. The average molecular weight is 362 g/mol. The van der Waals surface area contributed by atoms with Crippen molar-refractivity contribution in [2.45, 2.75) is 24.8 Å². The van der Waals surface area contributed by atoms with Crippen molar-refractivity contribution < 1.29 is 9.53 Å². The summed E-state index contributed by atoms with van der Waals surface area (Å²) in [6, 6.07) is 10.4. The third kappa shape index (κ3) is 3.43. The van der Waals surface area contributed by atoms with Gasteiger partial charge >= 0.3 is 0 Å². The molecule has 0 spiro atoms. The SMILES string of the molecule is O=C1CC(c2ccccc2)C2C=C(OCCCBr)C=CC2N1. The number of carbonyl (C=O) groups excluding carboxylic acids is 1. The summed E-state index contributed by atoms with van der Waals surface area (Å²) in [6.45, 7) is 0.709. The summed E-state index contributed by atoms with van der Waals surface area (Å²) >= 11 is 3.41. The molecule has 3 atom stereocenters. The van der Waals surface area contributed by atoms with Gasteiger partial charge in [0.1, 0.15) is 5.76 Å². The first kappa shape index (κ1) is 15.3. The first-order chi connectivity index (χ1) is 10.8. The van der Waals surface area contributed by atoms with Crippen LogP contribution in [-0.4, -0.2) is 23.9 Å². The van der Waals surface area contributed by atoms with Gasteiger partial charge in [0.2, 0.25) is 5.91 Å². The van der Waals surface area contributed by atoms with Crippen molar-refractivity contribution >= 4 is 21.8 Å². The lowest BCUT2D eigenvalue weighted by molar-refractivity contribution is -0.124. The highest BCUT2D eigenvalue weighted by Gasteiger charge is 2.36. The second-order valence-electron chi connectivity index (χ2n) is 5.71. The number of ether oxygens (including phenoxy) is 1. The normalized spacial score (nSPS) is 26.9. The summed E-state index contributed by atoms with van der Waals surface area (Å²) in [6.07, 6.45) is 7.72. The fourth-order valence-corrected chi connectivity index (χ4v) is 3.38. The standard InChI is InChI=1S/C18H20BrNO2/c19-9-4-10-22-14-7-8-17-16(11-14)15(12-18(21)20-17)13-5-2-1-3-6-13/h1-3,5-8,11,15-17H,4,9-10,12H2,(H,20,21). The molecule has 1 N–H and O–H groups in total. The number of benzene rings is 1. The van der Waals surface area contributed by atoms with Crippen LogP contribution in [0.25, 0.3) is 0 Å². The van der Waals surface area contributed by atoms with Crippen molar-refractivity contribution in [3.05, 3.63) is 59.9 Å². The number of amides is 1. The highest BCUT2D eigenvalue weighted by atomic mass is 79.9. The molecule has 1 amide bonds. The van der Waals surface area contributed by atoms with Crippen LogP contribution in [0.15, 0.2) is 54.3 Å². The Kier molecular flexibility index (Phi) is 4.98. The first-order valence-electron chi connectivity index (χ1n) is 7.71. The molecule has 0 radical (unpaired) electrons. The fourth-order valence-electron chi connectivity index (χ4n) is 3.15. The molecule has 22 heavy (non-hydrogen) atoms. The lowest BCUT2D eigenvalue weighted by atomic mass is 9.74. The number of hydrogen-bond donors (Lipinski definition) is 1. The van der Waals surface area contributed by atoms with Gasteiger partial charge in [0.25, 0.3) is 0 Å². The molecule has 1 heterocycles. The maximum absolute atomic E-state index is 12.0. The van der Waals surface area contributed by atoms with E-state index in [1.54, 1.807) is 0 Å². The van der Waals surface area contributed by atoms with Gasteiger partial charge in [0.15, 0.2) is 0 Å². The van der Waals surface area contributed by atoms with Gasteiger partial charge in [-0.1, -0.05) is 52.3 Å². The van der Waals surface area contributed by atoms with Crippen LogP contribution in [-0.2, 0) is 9.53 Å². The van der Waals surface area contributed by atoms with E-state index in [1.807, 2.05) is 24.3 Å². The first-order valence-corrected chi connectivity index (χ1v) is 8.83. The number of hydrogen-bond acceptors (Lipinski definition) is 2. The molecule has 3 nitrogen and oxygen atoms in total. The highest BCUT2D eigenvalue weighted by molar-refractivity contribution is 9.09. The van der Waals surface area contributed by atoms with Crippen molar-refractivity contribution in [2.24, 2.45) is 5.92 Å². The Morgan fingerprint density at radius 1 is 1.27 bits per heavy atom. The molecule has 1 aromatic rings. The molecule has 1 aliphatic heterocycles. The van der Waals surface area contributed by atoms with Crippen LogP contribution in [0.2, 0.25) is 0 Å². The smallest absolute Gasteiger partial charge is 0.221 e. The van der Waals surface area contributed by atoms with Crippen LogP contribution >= 0.6 is 15.9 Å². The summed E-state index contributed by atoms with van der Waals surface area (Å²) in [5.41, 5.74) is 1.22. The van der Waals surface area contributed by atoms with E-state index in [2.05, 4.69) is 45.5 Å². The largest absolute Gasteiger partial charge is 0.494 e. The number of rotatable bonds is 5. The van der Waals surface area contributed by atoms with E-state index in [9.17, 15) is 4.79 Å². The molecule has 0 aromatic heterocycles. The second kappa shape index (κ2) is 7.14. The third-order valence-corrected chi connectivity index (χ3v) is 4.77. The number of carbonyl (C=O) groups is 1. The van der Waals surface area contributed by atoms with Gasteiger partial charge in [0, 0.05) is 23.6 Å². The van der Waals surface area contributed by atoms with Crippen molar-refractivity contribution in [1.29, 1.82) is 0 Å². The Morgan fingerprint density at radius 2 is 2.09 bits per heavy atom. The quantitative estimate of drug-likeness (QED) is 0.643. The van der Waals surface area contributed by atoms with Crippen LogP contribution in [0.5, 0.6) is 0 Å². The minimum absolute atomic E-state index is 0.0648. The van der Waals surface area contributed by atoms with Crippen LogP contribution in [0.3, 0.4) is 0 Å². The molecule has 116 valence electrons. The van der Waals surface area contributed by atoms with Gasteiger partial charge in [-0.15, -0.1) is 0 Å². The number of allylic oxidation sites excluding steroid dienone is 1. The van der Waals surface area contributed by atoms with Crippen molar-refractivity contribution in [3.63, 3.8) is 0 Å². The molecular weight excluding hydrogens is 342 g/mol. The molecule has 4 heteroatoms. The monoisotopic (exact) mass is 361 g/mol. The maximum atomic E-state index is 12.0. The third-order valence-electron chi connectivity index (χ3n) is 4.21. The number of alkyl halides is 1. The van der Waals surface area contributed by atoms with E-state index in [0.717, 1.165) is 17.5 Å². The average Bonchev–Trinajstić information content (AvgIpc) is 2.55. The topological polar surface area (TPSA) is 38.3 Å². The molecule has 2 aliphatic rings. The van der Waals surface area contributed by atoms with Crippen molar-refractivity contribution in [3.8, 4) is 0 Å². The van der Waals surface area contributed by atoms with Crippen LogP contribution in [0, 0.1) is 5.92 Å². The molecule has 1 aromatic carbocycles. The van der Waals surface area contributed by atoms with Gasteiger partial charge in [-0.25, -0.2) is 0 Å². The predicted octanol–water partition coefficient (Wildman–Crippen LogP) is 3.53. The minimum atomic E-state index is 0.0648. The van der Waals surface area contributed by atoms with E-state index < -0.39 is 0 Å². The van der Waals surface area contributed by atoms with E-state index in [-0.39, 0.29) is 23.8 Å². The molecule has 1 aliphatic carbocycles. The summed E-state index contributed by atoms with van der Waals surface area (Å²) in [4.78, 5) is 12.0. The summed E-state index contributed by atoms with van der Waals surface area (Å²) in [7, 11) is 0. The van der Waals surface area contributed by atoms with Gasteiger partial charge in [-0.3, -0.25) is 4.79 Å². The van der Waals surface area contributed by atoms with E-state index in [1.165, 1.54) is 5.56 Å². The maximum Gasteiger partial charge on any atom is 0.221 e. The molecule has 1 saturated heterocycles. The Bertz CT molecular complexity index is 582. The zero-order valence-corrected chi connectivity index (χ0v) is 14.0. The molecule has 0 bridgehead atoms. The van der Waals surface area contributed by atoms with Gasteiger partial charge in [-0.05, 0) is 24.1 Å². The fraction of sp³-hybridized carbons (Fsp3) is 0.389. The highest BCUT2D eigenvalue weighted by Crippen LogP contribution is 2.37. The Balaban J connectivity index is 1.80. The summed E-state index contributed by atoms with van der Waals surface area (Å²) in [5, 5.41) is 4.02. The zero-order valence-electron chi connectivity index (χ0n) is 12.4. The second-order valence-corrected chi connectivity index (χ2v) is 6.50. The molecule has 3 unspecified atom stereocenters. The van der Waals surface area contributed by atoms with E-state index in [0.29, 0.717) is 13.0 Å². The lowest BCUT2D eigenvalue weighted by Gasteiger charge is -2.37. The Labute approximate surface area is 139 Å². The molecule has 0 saturated carbocycles. The number of halogens is 1. The molecule has 1 fully saturated rings. The van der Waals surface area contributed by atoms with Crippen LogP contribution < -0.4 is 5.32 Å². The Hall–Kier alpha value is -1.55. The minimum Gasteiger partial charge on any atom is -0.494 e. The number of piperidine rings is 1. The van der Waals surface area contributed by atoms with Gasteiger partial charge in [-0.2, -0.15) is 0 Å².